The number of thiocarbonyl (C=S) groups is 1. The summed E-state index contributed by atoms with van der Waals surface area (Å²) >= 11 is 4.83. The third-order valence-electron chi connectivity index (χ3n) is 3.46. The highest BCUT2D eigenvalue weighted by molar-refractivity contribution is 7.80. The highest BCUT2D eigenvalue weighted by Crippen LogP contribution is 2.28. The van der Waals surface area contributed by atoms with Gasteiger partial charge >= 0.3 is 0 Å². The van der Waals surface area contributed by atoms with Gasteiger partial charge < -0.3 is 15.1 Å². The Morgan fingerprint density at radius 2 is 2.30 bits per heavy atom. The number of carbonyl (C=O) groups excluding carboxylic acids is 1. The lowest BCUT2D eigenvalue weighted by Crippen LogP contribution is -2.40. The van der Waals surface area contributed by atoms with Crippen LogP contribution >= 0.6 is 12.2 Å². The average Bonchev–Trinajstić information content (AvgIpc) is 3.13. The number of rotatable bonds is 8. The molecule has 0 aromatic carbocycles. The second-order valence-corrected chi connectivity index (χ2v) is 5.77. The molecule has 1 amide bonds. The van der Waals surface area contributed by atoms with Crippen LogP contribution in [0.2, 0.25) is 0 Å². The summed E-state index contributed by atoms with van der Waals surface area (Å²) in [5.41, 5.74) is 5.46. The highest BCUT2D eigenvalue weighted by Gasteiger charge is 2.31. The molecule has 6 heteroatoms. The third-order valence-corrected chi connectivity index (χ3v) is 3.66. The number of hydrogen-bond acceptors (Lipinski definition) is 4. The highest BCUT2D eigenvalue weighted by atomic mass is 32.1. The van der Waals surface area contributed by atoms with Crippen molar-refractivity contribution in [2.24, 2.45) is 5.73 Å². The van der Waals surface area contributed by atoms with Gasteiger partial charge in [-0.3, -0.25) is 9.69 Å². The predicted molar refractivity (Wildman–Crippen MR) is 81.2 cm³/mol. The lowest BCUT2D eigenvalue weighted by Gasteiger charge is -2.24. The van der Waals surface area contributed by atoms with E-state index in [0.29, 0.717) is 37.1 Å². The first kappa shape index (κ1) is 15.0. The molecule has 1 aliphatic rings. The van der Waals surface area contributed by atoms with Crippen molar-refractivity contribution in [3.63, 3.8) is 0 Å². The lowest BCUT2D eigenvalue weighted by atomic mass is 10.3. The molecule has 110 valence electrons. The van der Waals surface area contributed by atoms with E-state index in [2.05, 4.69) is 4.90 Å². The summed E-state index contributed by atoms with van der Waals surface area (Å²) in [5.74, 6) is 0.996. The Labute approximate surface area is 124 Å². The molecule has 0 spiro atoms. The van der Waals surface area contributed by atoms with Gasteiger partial charge in [0.05, 0.1) is 24.3 Å². The Morgan fingerprint density at radius 1 is 1.55 bits per heavy atom. The van der Waals surface area contributed by atoms with Crippen molar-refractivity contribution in [1.82, 2.24) is 9.80 Å². The molecule has 2 N–H and O–H groups in total. The van der Waals surface area contributed by atoms with Crippen LogP contribution in [0.25, 0.3) is 0 Å². The lowest BCUT2D eigenvalue weighted by molar-refractivity contribution is -0.131. The van der Waals surface area contributed by atoms with E-state index in [9.17, 15) is 4.79 Å². The fourth-order valence-corrected chi connectivity index (χ4v) is 2.14. The van der Waals surface area contributed by atoms with Gasteiger partial charge in [-0.15, -0.1) is 0 Å². The van der Waals surface area contributed by atoms with Crippen LogP contribution < -0.4 is 5.73 Å². The maximum Gasteiger partial charge on any atom is 0.236 e. The van der Waals surface area contributed by atoms with Crippen LogP contribution in [0.1, 0.15) is 25.0 Å². The van der Waals surface area contributed by atoms with E-state index in [0.717, 1.165) is 18.6 Å². The maximum absolute atomic E-state index is 12.2. The number of nitrogens with zero attached hydrogens (tertiary/aromatic N) is 2. The molecule has 0 bridgehead atoms. The van der Waals surface area contributed by atoms with E-state index < -0.39 is 0 Å². The van der Waals surface area contributed by atoms with Crippen LogP contribution in [0.3, 0.4) is 0 Å². The number of hydrogen-bond donors (Lipinski definition) is 1. The second-order valence-electron chi connectivity index (χ2n) is 5.25. The minimum atomic E-state index is 0.0970. The predicted octanol–water partition coefficient (Wildman–Crippen LogP) is 1.38. The summed E-state index contributed by atoms with van der Waals surface area (Å²) in [7, 11) is 1.79. The van der Waals surface area contributed by atoms with Gasteiger partial charge in [-0.2, -0.15) is 0 Å². The van der Waals surface area contributed by atoms with Gasteiger partial charge in [0.15, 0.2) is 0 Å². The van der Waals surface area contributed by atoms with Crippen LogP contribution in [-0.2, 0) is 11.3 Å². The van der Waals surface area contributed by atoms with Crippen LogP contribution in [-0.4, -0.2) is 46.9 Å². The van der Waals surface area contributed by atoms with E-state index in [1.165, 1.54) is 0 Å². The van der Waals surface area contributed by atoms with E-state index in [1.54, 1.807) is 18.2 Å². The molecule has 5 nitrogen and oxygen atoms in total. The summed E-state index contributed by atoms with van der Waals surface area (Å²) < 4.78 is 5.36. The first-order valence-electron chi connectivity index (χ1n) is 6.85. The third kappa shape index (κ3) is 4.61. The van der Waals surface area contributed by atoms with Gasteiger partial charge in [0.1, 0.15) is 5.76 Å². The van der Waals surface area contributed by atoms with Crippen molar-refractivity contribution >= 4 is 23.1 Å². The molecular weight excluding hydrogens is 274 g/mol. The summed E-state index contributed by atoms with van der Waals surface area (Å²) in [6.45, 7) is 1.68. The van der Waals surface area contributed by atoms with E-state index >= 15 is 0 Å². The molecule has 1 aliphatic carbocycles. The molecule has 20 heavy (non-hydrogen) atoms. The van der Waals surface area contributed by atoms with Gasteiger partial charge in [0, 0.05) is 26.1 Å². The topological polar surface area (TPSA) is 62.7 Å². The molecule has 2 rings (SSSR count). The van der Waals surface area contributed by atoms with Crippen LogP contribution in [0.5, 0.6) is 0 Å². The van der Waals surface area contributed by atoms with Crippen molar-refractivity contribution < 1.29 is 9.21 Å². The van der Waals surface area contributed by atoms with Crippen molar-refractivity contribution in [3.05, 3.63) is 24.2 Å². The second kappa shape index (κ2) is 6.85. The molecule has 0 saturated heterocycles. The van der Waals surface area contributed by atoms with E-state index in [4.69, 9.17) is 22.4 Å². The Balaban J connectivity index is 1.84. The van der Waals surface area contributed by atoms with Gasteiger partial charge in [-0.25, -0.2) is 0 Å². The van der Waals surface area contributed by atoms with Gasteiger partial charge in [0.2, 0.25) is 5.91 Å². The van der Waals surface area contributed by atoms with Crippen molar-refractivity contribution in [2.75, 3.05) is 20.1 Å². The van der Waals surface area contributed by atoms with Gasteiger partial charge in [0.25, 0.3) is 0 Å². The number of nitrogens with two attached hydrogens (primary N) is 1. The van der Waals surface area contributed by atoms with Crippen LogP contribution in [0, 0.1) is 0 Å². The smallest absolute Gasteiger partial charge is 0.236 e. The molecule has 0 aliphatic heterocycles. The summed E-state index contributed by atoms with van der Waals surface area (Å²) in [4.78, 5) is 16.5. The standard InChI is InChI=1S/C14H21N3O2S/c1-16(7-6-13(15)20)14(18)10-17(11-4-5-11)9-12-3-2-8-19-12/h2-3,8,11H,4-7,9-10H2,1H3,(H2,15,20). The number of carbonyl (C=O) groups is 1. The molecule has 0 atom stereocenters. The van der Waals surface area contributed by atoms with Crippen LogP contribution in [0.4, 0.5) is 0 Å². The normalized spacial score (nSPS) is 14.5. The zero-order valence-corrected chi connectivity index (χ0v) is 12.6. The number of amides is 1. The first-order valence-corrected chi connectivity index (χ1v) is 7.26. The Morgan fingerprint density at radius 3 is 2.85 bits per heavy atom. The molecule has 0 radical (unpaired) electrons. The van der Waals surface area contributed by atoms with Crippen molar-refractivity contribution in [2.45, 2.75) is 31.8 Å². The van der Waals surface area contributed by atoms with Crippen molar-refractivity contribution in [3.8, 4) is 0 Å². The molecule has 1 heterocycles. The number of likely N-dealkylation sites (N-methyl/N-ethyl adjacent to an activating group) is 1. The molecule has 1 fully saturated rings. The van der Waals surface area contributed by atoms with Crippen LogP contribution in [0.15, 0.2) is 22.8 Å². The molecule has 1 aromatic heterocycles. The SMILES string of the molecule is CN(CCC(N)=S)C(=O)CN(Cc1ccco1)C1CC1. The maximum atomic E-state index is 12.2. The largest absolute Gasteiger partial charge is 0.468 e. The quantitative estimate of drug-likeness (QED) is 0.734. The summed E-state index contributed by atoms with van der Waals surface area (Å²) in [5, 5.41) is 0. The molecular formula is C14H21N3O2S. The number of furan rings is 1. The Bertz CT molecular complexity index is 457. The monoisotopic (exact) mass is 295 g/mol. The Hall–Kier alpha value is -1.40. The molecule has 1 aromatic rings. The molecule has 0 unspecified atom stereocenters. The zero-order valence-electron chi connectivity index (χ0n) is 11.7. The Kier molecular flexibility index (Phi) is 5.14. The fraction of sp³-hybridized carbons (Fsp3) is 0.571. The zero-order chi connectivity index (χ0) is 14.5. The summed E-state index contributed by atoms with van der Waals surface area (Å²) in [6, 6.07) is 4.32. The minimum Gasteiger partial charge on any atom is -0.468 e. The van der Waals surface area contributed by atoms with E-state index in [1.807, 2.05) is 12.1 Å². The van der Waals surface area contributed by atoms with Gasteiger partial charge in [-0.05, 0) is 25.0 Å². The van der Waals surface area contributed by atoms with Gasteiger partial charge in [-0.1, -0.05) is 12.2 Å². The first-order chi connectivity index (χ1) is 9.56. The average molecular weight is 295 g/mol. The fourth-order valence-electron chi connectivity index (χ4n) is 2.05. The van der Waals surface area contributed by atoms with Crippen molar-refractivity contribution in [1.29, 1.82) is 0 Å². The summed E-state index contributed by atoms with van der Waals surface area (Å²) in [6.07, 6.45) is 4.55. The minimum absolute atomic E-state index is 0.0970. The van der Waals surface area contributed by atoms with E-state index in [-0.39, 0.29) is 5.91 Å². The molecule has 1 saturated carbocycles.